The smallest absolute Gasteiger partial charge is 0.342 e. The average molecular weight is 316 g/mol. The van der Waals surface area contributed by atoms with Gasteiger partial charge in [-0.15, -0.1) is 16.6 Å². The van der Waals surface area contributed by atoms with Gasteiger partial charge >= 0.3 is 5.97 Å². The van der Waals surface area contributed by atoms with E-state index in [1.165, 1.54) is 6.08 Å². The summed E-state index contributed by atoms with van der Waals surface area (Å²) in [5, 5.41) is 16.9. The first kappa shape index (κ1) is 15.7. The number of thioether (sulfide) groups is 1. The molecule has 7 heteroatoms. The highest BCUT2D eigenvalue weighted by molar-refractivity contribution is 8.03. The summed E-state index contributed by atoms with van der Waals surface area (Å²) in [6.07, 6.45) is 6.63. The van der Waals surface area contributed by atoms with Crippen LogP contribution in [0.25, 0.3) is 6.08 Å². The molecule has 1 N–H and O–H groups in total. The second-order valence-corrected chi connectivity index (χ2v) is 5.03. The third kappa shape index (κ3) is 4.14. The number of ether oxygens (including phenoxy) is 1. The zero-order valence-corrected chi connectivity index (χ0v) is 12.5. The maximum Gasteiger partial charge on any atom is 0.342 e. The fraction of sp³-hybridized carbons (Fsp3) is 0.133. The Bertz CT molecular complexity index is 746. The van der Waals surface area contributed by atoms with Crippen molar-refractivity contribution in [3.63, 3.8) is 0 Å². The molecule has 0 saturated heterocycles. The van der Waals surface area contributed by atoms with Gasteiger partial charge in [0.2, 0.25) is 5.89 Å². The van der Waals surface area contributed by atoms with Crippen LogP contribution >= 0.6 is 11.8 Å². The number of carbonyl (C=O) groups is 1. The Hall–Kier alpha value is -2.72. The molecule has 0 aliphatic carbocycles. The summed E-state index contributed by atoms with van der Waals surface area (Å²) in [5.41, 5.74) is 0.596. The van der Waals surface area contributed by atoms with Crippen LogP contribution in [0.15, 0.2) is 38.8 Å². The summed E-state index contributed by atoms with van der Waals surface area (Å²) < 4.78 is 10.6. The first-order valence-corrected chi connectivity index (χ1v) is 7.00. The molecule has 0 saturated carbocycles. The molecule has 22 heavy (non-hydrogen) atoms. The lowest BCUT2D eigenvalue weighted by Gasteiger charge is -2.07. The first-order chi connectivity index (χ1) is 10.6. The van der Waals surface area contributed by atoms with E-state index in [1.807, 2.05) is 0 Å². The van der Waals surface area contributed by atoms with Crippen LogP contribution in [0.5, 0.6) is 5.75 Å². The predicted molar refractivity (Wildman–Crippen MR) is 81.3 cm³/mol. The number of benzene rings is 1. The van der Waals surface area contributed by atoms with Gasteiger partial charge in [0.25, 0.3) is 5.22 Å². The van der Waals surface area contributed by atoms with Crippen molar-refractivity contribution in [2.45, 2.75) is 12.1 Å². The molecule has 0 aliphatic rings. The van der Waals surface area contributed by atoms with E-state index in [0.717, 1.165) is 11.8 Å². The lowest BCUT2D eigenvalue weighted by Crippen LogP contribution is -1.99. The van der Waals surface area contributed by atoms with E-state index in [4.69, 9.17) is 15.6 Å². The number of aromatic nitrogens is 2. The third-order valence-corrected chi connectivity index (χ3v) is 3.28. The van der Waals surface area contributed by atoms with Crippen molar-refractivity contribution in [1.29, 1.82) is 0 Å². The molecular weight excluding hydrogens is 304 g/mol. The maximum absolute atomic E-state index is 11.4. The molecule has 0 spiro atoms. The number of rotatable bonds is 6. The Morgan fingerprint density at radius 3 is 2.91 bits per heavy atom. The number of terminal acetylenes is 1. The molecule has 0 fully saturated rings. The Morgan fingerprint density at radius 2 is 2.27 bits per heavy atom. The summed E-state index contributed by atoms with van der Waals surface area (Å²) in [5.74, 6) is 2.13. The number of hydrogen-bond acceptors (Lipinski definition) is 6. The van der Waals surface area contributed by atoms with Gasteiger partial charge < -0.3 is 14.3 Å². The number of aliphatic carboxylic acids is 1. The Morgan fingerprint density at radius 1 is 1.50 bits per heavy atom. The normalized spacial score (nSPS) is 11.0. The van der Waals surface area contributed by atoms with E-state index in [2.05, 4.69) is 16.1 Å². The van der Waals surface area contributed by atoms with Gasteiger partial charge in [-0.2, -0.15) is 0 Å². The van der Waals surface area contributed by atoms with Crippen LogP contribution in [0.3, 0.4) is 0 Å². The highest BCUT2D eigenvalue weighted by Gasteiger charge is 2.15. The molecule has 1 heterocycles. The molecule has 1 aromatic carbocycles. The predicted octanol–water partition coefficient (Wildman–Crippen LogP) is 2.61. The standard InChI is InChI=1S/C15H12N2O4S/c1-3-8-20-12-7-5-4-6-11(12)9-13(14(18)19)22-15-17-16-10(2)21-15/h1,4-7,9H,8H2,2H3,(H,18,19)/b13-9-. The number of nitrogens with zero attached hydrogens (tertiary/aromatic N) is 2. The molecule has 0 aliphatic heterocycles. The van der Waals surface area contributed by atoms with Crippen LogP contribution in [-0.2, 0) is 4.79 Å². The van der Waals surface area contributed by atoms with Crippen molar-refractivity contribution in [3.05, 3.63) is 40.6 Å². The molecule has 2 aromatic rings. The van der Waals surface area contributed by atoms with Crippen LogP contribution in [-0.4, -0.2) is 27.9 Å². The van der Waals surface area contributed by atoms with E-state index >= 15 is 0 Å². The van der Waals surface area contributed by atoms with Crippen molar-refractivity contribution < 1.29 is 19.1 Å². The van der Waals surface area contributed by atoms with E-state index in [-0.39, 0.29) is 16.7 Å². The summed E-state index contributed by atoms with van der Waals surface area (Å²) in [6, 6.07) is 6.99. The fourth-order valence-electron chi connectivity index (χ4n) is 1.54. The lowest BCUT2D eigenvalue weighted by atomic mass is 10.2. The number of para-hydroxylation sites is 1. The molecular formula is C15H12N2O4S. The zero-order valence-electron chi connectivity index (χ0n) is 11.6. The fourth-order valence-corrected chi connectivity index (χ4v) is 2.25. The zero-order chi connectivity index (χ0) is 15.9. The molecule has 2 rings (SSSR count). The van der Waals surface area contributed by atoms with E-state index in [9.17, 15) is 9.90 Å². The SMILES string of the molecule is C#CCOc1ccccc1/C=C(\Sc1nnc(C)o1)C(=O)O. The first-order valence-electron chi connectivity index (χ1n) is 6.18. The number of hydrogen-bond donors (Lipinski definition) is 1. The highest BCUT2D eigenvalue weighted by Crippen LogP contribution is 2.30. The van der Waals surface area contributed by atoms with Crippen LogP contribution in [0.2, 0.25) is 0 Å². The van der Waals surface area contributed by atoms with Gasteiger partial charge in [0.05, 0.1) is 0 Å². The molecule has 1 aromatic heterocycles. The van der Waals surface area contributed by atoms with Crippen molar-refractivity contribution in [2.24, 2.45) is 0 Å². The molecule has 6 nitrogen and oxygen atoms in total. The summed E-state index contributed by atoms with van der Waals surface area (Å²) in [6.45, 7) is 1.73. The second kappa shape index (κ2) is 7.33. The lowest BCUT2D eigenvalue weighted by molar-refractivity contribution is -0.131. The topological polar surface area (TPSA) is 85.5 Å². The molecule has 0 atom stereocenters. The average Bonchev–Trinajstić information content (AvgIpc) is 2.90. The van der Waals surface area contributed by atoms with Crippen LogP contribution < -0.4 is 4.74 Å². The van der Waals surface area contributed by atoms with Gasteiger partial charge in [-0.25, -0.2) is 4.79 Å². The Balaban J connectivity index is 2.30. The highest BCUT2D eigenvalue weighted by atomic mass is 32.2. The van der Waals surface area contributed by atoms with Gasteiger partial charge in [-0.1, -0.05) is 24.1 Å². The van der Waals surface area contributed by atoms with Crippen LogP contribution in [0.1, 0.15) is 11.5 Å². The monoisotopic (exact) mass is 316 g/mol. The van der Waals surface area contributed by atoms with Gasteiger partial charge in [0, 0.05) is 12.5 Å². The third-order valence-electron chi connectivity index (χ3n) is 2.43. The van der Waals surface area contributed by atoms with Crippen molar-refractivity contribution in [2.75, 3.05) is 6.61 Å². The van der Waals surface area contributed by atoms with Crippen LogP contribution in [0, 0.1) is 19.3 Å². The van der Waals surface area contributed by atoms with Crippen molar-refractivity contribution in [1.82, 2.24) is 10.2 Å². The Kier molecular flexibility index (Phi) is 5.22. The van der Waals surface area contributed by atoms with Crippen molar-refractivity contribution in [3.8, 4) is 18.1 Å². The molecule has 0 amide bonds. The largest absolute Gasteiger partial charge is 0.480 e. The number of carboxylic acid groups (broad SMARTS) is 1. The second-order valence-electron chi connectivity index (χ2n) is 4.03. The van der Waals surface area contributed by atoms with Gasteiger partial charge in [-0.05, 0) is 23.9 Å². The van der Waals surface area contributed by atoms with Gasteiger partial charge in [-0.3, -0.25) is 0 Å². The molecule has 112 valence electrons. The minimum absolute atomic E-state index is 0.0282. The number of carboxylic acids is 1. The summed E-state index contributed by atoms with van der Waals surface area (Å²) in [7, 11) is 0. The molecule has 0 radical (unpaired) electrons. The maximum atomic E-state index is 11.4. The minimum atomic E-state index is -1.10. The quantitative estimate of drug-likeness (QED) is 0.498. The van der Waals surface area contributed by atoms with Crippen LogP contribution in [0.4, 0.5) is 0 Å². The van der Waals surface area contributed by atoms with E-state index < -0.39 is 5.97 Å². The van der Waals surface area contributed by atoms with E-state index in [1.54, 1.807) is 31.2 Å². The van der Waals surface area contributed by atoms with E-state index in [0.29, 0.717) is 17.2 Å². The Labute approximate surface area is 131 Å². The number of aryl methyl sites for hydroxylation is 1. The van der Waals surface area contributed by atoms with Gasteiger partial charge in [0.1, 0.15) is 17.3 Å². The molecule has 0 unspecified atom stereocenters. The summed E-state index contributed by atoms with van der Waals surface area (Å²) >= 11 is 0.870. The molecule has 0 bridgehead atoms. The minimum Gasteiger partial charge on any atom is -0.480 e. The summed E-state index contributed by atoms with van der Waals surface area (Å²) in [4.78, 5) is 11.4. The van der Waals surface area contributed by atoms with Gasteiger partial charge in [0.15, 0.2) is 0 Å². The van der Waals surface area contributed by atoms with Crippen molar-refractivity contribution >= 4 is 23.8 Å².